The molecule has 0 radical (unpaired) electrons. The Balaban J connectivity index is 2.18. The largest absolute Gasteiger partial charge is 0.372 e. The van der Waals surface area contributed by atoms with Crippen molar-refractivity contribution in [2.45, 2.75) is 20.8 Å². The smallest absolute Gasteiger partial charge is 0.215 e. The van der Waals surface area contributed by atoms with Gasteiger partial charge in [0.1, 0.15) is 5.69 Å². The van der Waals surface area contributed by atoms with Gasteiger partial charge in [-0.25, -0.2) is 0 Å². The van der Waals surface area contributed by atoms with E-state index in [1.165, 1.54) is 5.69 Å². The summed E-state index contributed by atoms with van der Waals surface area (Å²) >= 11 is 4.99. The van der Waals surface area contributed by atoms with Gasteiger partial charge in [0.25, 0.3) is 0 Å². The number of nitrogens with one attached hydrogen (secondary N) is 2. The molecule has 0 atom stereocenters. The van der Waals surface area contributed by atoms with E-state index in [0.29, 0.717) is 10.6 Å². The average Bonchev–Trinajstić information content (AvgIpc) is 2.46. The highest BCUT2D eigenvalue weighted by molar-refractivity contribution is 7.71. The monoisotopic (exact) mass is 289 g/mol. The van der Waals surface area contributed by atoms with E-state index in [4.69, 9.17) is 12.2 Å². The summed E-state index contributed by atoms with van der Waals surface area (Å²) in [6.45, 7) is 8.19. The zero-order valence-electron chi connectivity index (χ0n) is 12.0. The van der Waals surface area contributed by atoms with Crippen molar-refractivity contribution < 1.29 is 0 Å². The van der Waals surface area contributed by atoms with Crippen molar-refractivity contribution >= 4 is 29.4 Å². The first-order valence-corrected chi connectivity index (χ1v) is 7.10. The van der Waals surface area contributed by atoms with E-state index in [1.54, 1.807) is 0 Å². The minimum Gasteiger partial charge on any atom is -0.372 e. The van der Waals surface area contributed by atoms with Gasteiger partial charge in [0, 0.05) is 24.5 Å². The first-order valence-electron chi connectivity index (χ1n) is 6.69. The van der Waals surface area contributed by atoms with E-state index in [1.807, 2.05) is 19.1 Å². The molecule has 0 fully saturated rings. The quantitative estimate of drug-likeness (QED) is 0.826. The first kappa shape index (κ1) is 14.5. The lowest BCUT2D eigenvalue weighted by Gasteiger charge is -2.21. The number of anilines is 3. The topological polar surface area (TPSA) is 56.8 Å². The van der Waals surface area contributed by atoms with Gasteiger partial charge < -0.3 is 10.2 Å². The molecule has 1 aromatic heterocycles. The van der Waals surface area contributed by atoms with Crippen molar-refractivity contribution in [3.8, 4) is 0 Å². The summed E-state index contributed by atoms with van der Waals surface area (Å²) in [6.07, 6.45) is 0. The van der Waals surface area contributed by atoms with Gasteiger partial charge in [-0.2, -0.15) is 10.1 Å². The van der Waals surface area contributed by atoms with Crippen molar-refractivity contribution in [2.75, 3.05) is 23.3 Å². The van der Waals surface area contributed by atoms with Gasteiger partial charge in [-0.1, -0.05) is 0 Å². The van der Waals surface area contributed by atoms with E-state index in [0.717, 1.165) is 24.5 Å². The standard InChI is InChI=1S/C14H19N5S/c1-4-19(5-2)12-8-6-11(7-9-12)15-13-10(3)17-18-14(20)16-13/h6-9H,4-5H2,1-3H3,(H2,15,16,18,20). The zero-order chi connectivity index (χ0) is 14.5. The molecule has 0 spiro atoms. The van der Waals surface area contributed by atoms with E-state index < -0.39 is 0 Å². The molecule has 2 N–H and O–H groups in total. The molecule has 20 heavy (non-hydrogen) atoms. The Morgan fingerprint density at radius 2 is 1.85 bits per heavy atom. The number of aromatic amines is 1. The third-order valence-corrected chi connectivity index (χ3v) is 3.32. The first-order chi connectivity index (χ1) is 9.63. The van der Waals surface area contributed by atoms with Gasteiger partial charge in [-0.3, -0.25) is 5.10 Å². The summed E-state index contributed by atoms with van der Waals surface area (Å²) < 4.78 is 0.373. The van der Waals surface area contributed by atoms with Crippen LogP contribution in [0.25, 0.3) is 0 Å². The van der Waals surface area contributed by atoms with Crippen LogP contribution in [0.1, 0.15) is 19.5 Å². The fourth-order valence-corrected chi connectivity index (χ4v) is 2.13. The molecular weight excluding hydrogens is 270 g/mol. The molecule has 0 aliphatic rings. The van der Waals surface area contributed by atoms with Crippen molar-refractivity contribution in [2.24, 2.45) is 0 Å². The van der Waals surface area contributed by atoms with Gasteiger partial charge in [0.05, 0.1) is 0 Å². The molecule has 0 bridgehead atoms. The molecule has 0 saturated heterocycles. The molecule has 2 rings (SSSR count). The number of hydrogen-bond acceptors (Lipinski definition) is 5. The Morgan fingerprint density at radius 3 is 2.45 bits per heavy atom. The van der Waals surface area contributed by atoms with Gasteiger partial charge in [-0.05, 0) is 57.3 Å². The van der Waals surface area contributed by atoms with Crippen molar-refractivity contribution in [3.05, 3.63) is 34.7 Å². The zero-order valence-corrected chi connectivity index (χ0v) is 12.8. The molecule has 106 valence electrons. The molecule has 2 aromatic rings. The number of nitrogens with zero attached hydrogens (tertiary/aromatic N) is 3. The minimum atomic E-state index is 0.373. The molecule has 0 aliphatic carbocycles. The van der Waals surface area contributed by atoms with Gasteiger partial charge in [0.15, 0.2) is 5.82 Å². The number of benzene rings is 1. The molecule has 6 heteroatoms. The molecule has 0 amide bonds. The predicted molar refractivity (Wildman–Crippen MR) is 85.2 cm³/mol. The molecule has 1 aromatic carbocycles. The van der Waals surface area contributed by atoms with Crippen LogP contribution >= 0.6 is 12.2 Å². The minimum absolute atomic E-state index is 0.373. The highest BCUT2D eigenvalue weighted by Gasteiger charge is 2.04. The van der Waals surface area contributed by atoms with Crippen LogP contribution in [0.5, 0.6) is 0 Å². The number of hydrogen-bond donors (Lipinski definition) is 2. The summed E-state index contributed by atoms with van der Waals surface area (Å²) in [5.41, 5.74) is 2.97. The van der Waals surface area contributed by atoms with Crippen LogP contribution in [0.15, 0.2) is 24.3 Å². The number of H-pyrrole nitrogens is 1. The Bertz CT molecular complexity index is 616. The summed E-state index contributed by atoms with van der Waals surface area (Å²) in [5, 5.41) is 9.99. The van der Waals surface area contributed by atoms with Gasteiger partial charge >= 0.3 is 0 Å². The fraction of sp³-hybridized carbons (Fsp3) is 0.357. The molecule has 0 aliphatic heterocycles. The van der Waals surface area contributed by atoms with E-state index in [9.17, 15) is 0 Å². The number of rotatable bonds is 5. The Kier molecular flexibility index (Phi) is 4.68. The maximum absolute atomic E-state index is 4.99. The van der Waals surface area contributed by atoms with Crippen LogP contribution in [-0.4, -0.2) is 28.3 Å². The van der Waals surface area contributed by atoms with Gasteiger partial charge in [0.2, 0.25) is 4.77 Å². The van der Waals surface area contributed by atoms with Crippen LogP contribution < -0.4 is 10.2 Å². The molecule has 1 heterocycles. The fourth-order valence-electron chi connectivity index (χ4n) is 1.99. The van der Waals surface area contributed by atoms with E-state index in [2.05, 4.69) is 51.4 Å². The van der Waals surface area contributed by atoms with Gasteiger partial charge in [-0.15, -0.1) is 0 Å². The second-order valence-electron chi connectivity index (χ2n) is 4.42. The summed E-state index contributed by atoms with van der Waals surface area (Å²) in [6, 6.07) is 8.27. The van der Waals surface area contributed by atoms with Crippen LogP contribution in [0, 0.1) is 11.7 Å². The highest BCUT2D eigenvalue weighted by Crippen LogP contribution is 2.20. The molecular formula is C14H19N5S. The maximum atomic E-state index is 4.99. The highest BCUT2D eigenvalue weighted by atomic mass is 32.1. The van der Waals surface area contributed by atoms with E-state index >= 15 is 0 Å². The normalized spacial score (nSPS) is 10.3. The lowest BCUT2D eigenvalue weighted by Crippen LogP contribution is -2.21. The lowest BCUT2D eigenvalue weighted by atomic mass is 10.2. The maximum Gasteiger partial charge on any atom is 0.215 e. The third kappa shape index (κ3) is 3.33. The van der Waals surface area contributed by atoms with Crippen molar-refractivity contribution in [1.29, 1.82) is 0 Å². The molecule has 5 nitrogen and oxygen atoms in total. The Morgan fingerprint density at radius 1 is 1.20 bits per heavy atom. The van der Waals surface area contributed by atoms with Crippen molar-refractivity contribution in [1.82, 2.24) is 15.2 Å². The van der Waals surface area contributed by atoms with E-state index in [-0.39, 0.29) is 0 Å². The van der Waals surface area contributed by atoms with Crippen molar-refractivity contribution in [3.63, 3.8) is 0 Å². The third-order valence-electron chi connectivity index (χ3n) is 3.13. The summed E-state index contributed by atoms with van der Waals surface area (Å²) in [5.74, 6) is 0.685. The van der Waals surface area contributed by atoms with Crippen LogP contribution in [0.2, 0.25) is 0 Å². The average molecular weight is 289 g/mol. The number of aromatic nitrogens is 3. The Hall–Kier alpha value is -1.95. The van der Waals surface area contributed by atoms with Crippen LogP contribution in [0.4, 0.5) is 17.2 Å². The molecule has 0 unspecified atom stereocenters. The summed E-state index contributed by atoms with van der Waals surface area (Å²) in [4.78, 5) is 6.53. The SMILES string of the molecule is CCN(CC)c1ccc(Nc2nc(=S)[nH]nc2C)cc1. The van der Waals surface area contributed by atoms with Crippen LogP contribution in [0.3, 0.4) is 0 Å². The second kappa shape index (κ2) is 6.47. The second-order valence-corrected chi connectivity index (χ2v) is 4.81. The lowest BCUT2D eigenvalue weighted by molar-refractivity contribution is 0.866. The van der Waals surface area contributed by atoms with Crippen LogP contribution in [-0.2, 0) is 0 Å². The predicted octanol–water partition coefficient (Wildman–Crippen LogP) is 3.43. The summed E-state index contributed by atoms with van der Waals surface area (Å²) in [7, 11) is 0. The molecule has 0 saturated carbocycles. The number of aryl methyl sites for hydroxylation is 1. The Labute approximate surface area is 124 Å².